The lowest BCUT2D eigenvalue weighted by Crippen LogP contribution is -2.19. The summed E-state index contributed by atoms with van der Waals surface area (Å²) in [6.45, 7) is 0.689. The van der Waals surface area contributed by atoms with E-state index in [9.17, 15) is 4.79 Å². The van der Waals surface area contributed by atoms with Crippen LogP contribution in [0.15, 0.2) is 55.1 Å². The van der Waals surface area contributed by atoms with Crippen LogP contribution < -0.4 is 20.1 Å². The van der Waals surface area contributed by atoms with Crippen molar-refractivity contribution in [3.63, 3.8) is 0 Å². The lowest BCUT2D eigenvalue weighted by molar-refractivity contribution is 0.262. The predicted molar refractivity (Wildman–Crippen MR) is 98.4 cm³/mol. The maximum Gasteiger partial charge on any atom is 0.323 e. The third-order valence-electron chi connectivity index (χ3n) is 4.17. The molecule has 2 amide bonds. The highest BCUT2D eigenvalue weighted by Gasteiger charge is 2.13. The van der Waals surface area contributed by atoms with Gasteiger partial charge in [0.05, 0.1) is 25.7 Å². The second kappa shape index (κ2) is 6.79. The molecule has 0 spiro atoms. The summed E-state index contributed by atoms with van der Waals surface area (Å²) >= 11 is 0. The first-order valence-corrected chi connectivity index (χ1v) is 8.23. The highest BCUT2D eigenvalue weighted by molar-refractivity contribution is 6.00. The highest BCUT2D eigenvalue weighted by Crippen LogP contribution is 2.29. The second-order valence-electron chi connectivity index (χ2n) is 5.86. The lowest BCUT2D eigenvalue weighted by atomic mass is 10.1. The van der Waals surface area contributed by atoms with Crippen LogP contribution in [0.25, 0.3) is 5.69 Å². The number of nitrogens with zero attached hydrogens (tertiary/aromatic N) is 2. The molecule has 0 radical (unpaired) electrons. The molecule has 1 aromatic heterocycles. The van der Waals surface area contributed by atoms with Crippen molar-refractivity contribution in [3.05, 3.63) is 60.7 Å². The molecule has 7 nitrogen and oxygen atoms in total. The van der Waals surface area contributed by atoms with E-state index in [2.05, 4.69) is 15.6 Å². The van der Waals surface area contributed by atoms with Crippen molar-refractivity contribution in [2.75, 3.05) is 24.4 Å². The monoisotopic (exact) mass is 350 g/mol. The molecule has 0 fully saturated rings. The van der Waals surface area contributed by atoms with Crippen molar-refractivity contribution in [1.82, 2.24) is 9.55 Å². The van der Waals surface area contributed by atoms with E-state index in [1.807, 2.05) is 41.1 Å². The van der Waals surface area contributed by atoms with Gasteiger partial charge in [-0.3, -0.25) is 0 Å². The molecule has 0 aliphatic carbocycles. The first-order valence-electron chi connectivity index (χ1n) is 8.23. The fourth-order valence-corrected chi connectivity index (χ4v) is 2.93. The Hall–Kier alpha value is -3.48. The number of nitrogens with one attached hydrogen (secondary N) is 2. The number of carbonyl (C=O) groups excluding carboxylic acids is 1. The Labute approximate surface area is 150 Å². The van der Waals surface area contributed by atoms with Gasteiger partial charge in [-0.2, -0.15) is 0 Å². The van der Waals surface area contributed by atoms with Crippen molar-refractivity contribution in [2.24, 2.45) is 0 Å². The number of imidazole rings is 1. The van der Waals surface area contributed by atoms with Crippen LogP contribution in [0.3, 0.4) is 0 Å². The van der Waals surface area contributed by atoms with Gasteiger partial charge >= 0.3 is 6.03 Å². The van der Waals surface area contributed by atoms with Crippen LogP contribution in [0, 0.1) is 0 Å². The minimum atomic E-state index is -0.318. The highest BCUT2D eigenvalue weighted by atomic mass is 16.5. The first-order chi connectivity index (χ1) is 12.7. The van der Waals surface area contributed by atoms with Crippen molar-refractivity contribution < 1.29 is 14.3 Å². The Balaban J connectivity index is 1.47. The molecule has 1 aliphatic rings. The van der Waals surface area contributed by atoms with E-state index in [0.29, 0.717) is 18.0 Å². The summed E-state index contributed by atoms with van der Waals surface area (Å²) in [5.74, 6) is 1.52. The molecule has 0 unspecified atom stereocenters. The van der Waals surface area contributed by atoms with Crippen LogP contribution in [0.2, 0.25) is 0 Å². The number of amides is 2. The molecule has 26 heavy (non-hydrogen) atoms. The number of rotatable bonds is 4. The van der Waals surface area contributed by atoms with E-state index in [4.69, 9.17) is 9.47 Å². The minimum absolute atomic E-state index is 0.318. The van der Waals surface area contributed by atoms with Gasteiger partial charge in [-0.1, -0.05) is 0 Å². The smallest absolute Gasteiger partial charge is 0.323 e. The fourth-order valence-electron chi connectivity index (χ4n) is 2.93. The molecule has 1 aliphatic heterocycles. The Bertz CT molecular complexity index is 938. The van der Waals surface area contributed by atoms with Gasteiger partial charge in [-0.25, -0.2) is 9.78 Å². The van der Waals surface area contributed by atoms with E-state index < -0.39 is 0 Å². The van der Waals surface area contributed by atoms with Gasteiger partial charge in [0, 0.05) is 36.3 Å². The summed E-state index contributed by atoms with van der Waals surface area (Å²) in [5, 5.41) is 5.66. The number of fused-ring (bicyclic) bond motifs is 1. The normalized spacial score (nSPS) is 12.2. The zero-order valence-electron chi connectivity index (χ0n) is 14.2. The van der Waals surface area contributed by atoms with Gasteiger partial charge in [0.25, 0.3) is 0 Å². The average molecular weight is 350 g/mol. The van der Waals surface area contributed by atoms with Crippen LogP contribution >= 0.6 is 0 Å². The molecule has 4 rings (SSSR count). The number of aromatic nitrogens is 2. The van der Waals surface area contributed by atoms with Gasteiger partial charge in [0.2, 0.25) is 0 Å². The molecule has 2 N–H and O–H groups in total. The van der Waals surface area contributed by atoms with E-state index in [1.165, 1.54) is 0 Å². The van der Waals surface area contributed by atoms with Gasteiger partial charge in [-0.15, -0.1) is 0 Å². The van der Waals surface area contributed by atoms with Crippen LogP contribution in [-0.4, -0.2) is 29.3 Å². The third kappa shape index (κ3) is 3.19. The summed E-state index contributed by atoms with van der Waals surface area (Å²) in [5.41, 5.74) is 3.31. The van der Waals surface area contributed by atoms with Crippen molar-refractivity contribution in [2.45, 2.75) is 6.42 Å². The standard InChI is InChI=1S/C19H18N4O3/c1-25-18-11-15(2-4-16(18)23-8-7-20-12-23)22-19(24)21-14-3-5-17-13(10-14)6-9-26-17/h2-5,7-8,10-12H,6,9H2,1H3,(H2,21,22,24). The molecule has 2 aromatic carbocycles. The Kier molecular flexibility index (Phi) is 4.18. The first kappa shape index (κ1) is 16.0. The Morgan fingerprint density at radius 2 is 2.00 bits per heavy atom. The van der Waals surface area contributed by atoms with Gasteiger partial charge in [0.15, 0.2) is 0 Å². The van der Waals surface area contributed by atoms with E-state index in [-0.39, 0.29) is 6.03 Å². The molecule has 132 valence electrons. The van der Waals surface area contributed by atoms with Crippen LogP contribution in [0.5, 0.6) is 11.5 Å². The number of ether oxygens (including phenoxy) is 2. The van der Waals surface area contributed by atoms with Crippen molar-refractivity contribution in [1.29, 1.82) is 0 Å². The Morgan fingerprint density at radius 1 is 1.19 bits per heavy atom. The van der Waals surface area contributed by atoms with Gasteiger partial charge < -0.3 is 24.7 Å². The topological polar surface area (TPSA) is 77.4 Å². The number of carbonyl (C=O) groups is 1. The summed E-state index contributed by atoms with van der Waals surface area (Å²) < 4.78 is 12.7. The van der Waals surface area contributed by atoms with Gasteiger partial charge in [-0.05, 0) is 35.9 Å². The minimum Gasteiger partial charge on any atom is -0.494 e. The molecule has 7 heteroatoms. The molecule has 0 saturated heterocycles. The molecule has 0 bridgehead atoms. The summed E-state index contributed by atoms with van der Waals surface area (Å²) in [6, 6.07) is 10.8. The maximum absolute atomic E-state index is 12.3. The van der Waals surface area contributed by atoms with E-state index in [1.54, 1.807) is 25.7 Å². The zero-order chi connectivity index (χ0) is 17.9. The fraction of sp³-hybridized carbons (Fsp3) is 0.158. The van der Waals surface area contributed by atoms with E-state index in [0.717, 1.165) is 29.1 Å². The van der Waals surface area contributed by atoms with Crippen molar-refractivity contribution >= 4 is 17.4 Å². The molecule has 3 aromatic rings. The quantitative estimate of drug-likeness (QED) is 0.755. The summed E-state index contributed by atoms with van der Waals surface area (Å²) in [4.78, 5) is 16.3. The number of anilines is 2. The number of hydrogen-bond donors (Lipinski definition) is 2. The van der Waals surface area contributed by atoms with Crippen LogP contribution in [0.4, 0.5) is 16.2 Å². The predicted octanol–water partition coefficient (Wildman–Crippen LogP) is 3.46. The maximum atomic E-state index is 12.3. The number of methoxy groups -OCH3 is 1. The molecule has 0 saturated carbocycles. The Morgan fingerprint density at radius 3 is 2.77 bits per heavy atom. The second-order valence-corrected chi connectivity index (χ2v) is 5.86. The third-order valence-corrected chi connectivity index (χ3v) is 4.17. The number of urea groups is 1. The molecule has 0 atom stereocenters. The average Bonchev–Trinajstić information content (AvgIpc) is 3.32. The van der Waals surface area contributed by atoms with Gasteiger partial charge in [0.1, 0.15) is 11.5 Å². The molecular formula is C19H18N4O3. The lowest BCUT2D eigenvalue weighted by Gasteiger charge is -2.13. The number of benzene rings is 2. The van der Waals surface area contributed by atoms with Crippen LogP contribution in [-0.2, 0) is 6.42 Å². The largest absolute Gasteiger partial charge is 0.494 e. The SMILES string of the molecule is COc1cc(NC(=O)Nc2ccc3c(c2)CCO3)ccc1-n1ccnc1. The van der Waals surface area contributed by atoms with Crippen LogP contribution in [0.1, 0.15) is 5.56 Å². The number of hydrogen-bond acceptors (Lipinski definition) is 4. The molecular weight excluding hydrogens is 332 g/mol. The molecule has 2 heterocycles. The summed E-state index contributed by atoms with van der Waals surface area (Å²) in [6.07, 6.45) is 6.07. The summed E-state index contributed by atoms with van der Waals surface area (Å²) in [7, 11) is 1.59. The zero-order valence-corrected chi connectivity index (χ0v) is 14.2. The van der Waals surface area contributed by atoms with E-state index >= 15 is 0 Å². The van der Waals surface area contributed by atoms with Crippen molar-refractivity contribution in [3.8, 4) is 17.2 Å².